The van der Waals surface area contributed by atoms with Crippen LogP contribution in [-0.4, -0.2) is 41.7 Å². The van der Waals surface area contributed by atoms with Crippen molar-refractivity contribution in [2.75, 3.05) is 27.4 Å². The van der Waals surface area contributed by atoms with Crippen molar-refractivity contribution in [1.29, 1.82) is 0 Å². The lowest BCUT2D eigenvalue weighted by molar-refractivity contribution is 0.296. The van der Waals surface area contributed by atoms with Crippen LogP contribution >= 0.6 is 0 Å². The first-order valence-electron chi connectivity index (χ1n) is 9.23. The normalized spacial score (nSPS) is 13.8. The summed E-state index contributed by atoms with van der Waals surface area (Å²) in [7, 11) is 3.79. The molecule has 0 fully saturated rings. The molecule has 0 spiro atoms. The number of fused-ring (bicyclic) bond motifs is 2. The molecule has 4 rings (SSSR count). The highest BCUT2D eigenvalue weighted by Gasteiger charge is 2.18. The van der Waals surface area contributed by atoms with Crippen LogP contribution in [0, 0.1) is 6.92 Å². The lowest BCUT2D eigenvalue weighted by atomic mass is 10.1. The number of aromatic nitrogens is 2. The second kappa shape index (κ2) is 7.48. The molecule has 0 amide bonds. The number of rotatable bonds is 5. The van der Waals surface area contributed by atoms with Gasteiger partial charge in [0.2, 0.25) is 0 Å². The summed E-state index contributed by atoms with van der Waals surface area (Å²) in [5.74, 6) is 2.37. The molecule has 0 radical (unpaired) electrons. The van der Waals surface area contributed by atoms with Gasteiger partial charge in [0.15, 0.2) is 11.5 Å². The Bertz CT molecular complexity index is 951. The van der Waals surface area contributed by atoms with Gasteiger partial charge in [-0.15, -0.1) is 0 Å². The Morgan fingerprint density at radius 2 is 1.93 bits per heavy atom. The van der Waals surface area contributed by atoms with Crippen LogP contribution < -0.4 is 14.2 Å². The van der Waals surface area contributed by atoms with Crippen LogP contribution in [0.3, 0.4) is 0 Å². The Kier molecular flexibility index (Phi) is 4.90. The van der Waals surface area contributed by atoms with Gasteiger partial charge in [0.05, 0.1) is 31.7 Å². The van der Waals surface area contributed by atoms with E-state index >= 15 is 0 Å². The van der Waals surface area contributed by atoms with E-state index in [1.165, 1.54) is 5.69 Å². The molecule has 1 aliphatic heterocycles. The smallest absolute Gasteiger partial charge is 0.164 e. The molecule has 1 aromatic carbocycles. The van der Waals surface area contributed by atoms with Crippen molar-refractivity contribution in [3.63, 3.8) is 0 Å². The van der Waals surface area contributed by atoms with Crippen molar-refractivity contribution < 1.29 is 14.2 Å². The van der Waals surface area contributed by atoms with Crippen LogP contribution in [0.25, 0.3) is 5.65 Å². The van der Waals surface area contributed by atoms with Gasteiger partial charge >= 0.3 is 0 Å². The molecule has 0 bridgehead atoms. The minimum atomic E-state index is 0.670. The molecular weight excluding hydrogens is 342 g/mol. The maximum absolute atomic E-state index is 5.84. The van der Waals surface area contributed by atoms with Crippen molar-refractivity contribution >= 4 is 5.65 Å². The zero-order chi connectivity index (χ0) is 18.8. The van der Waals surface area contributed by atoms with Crippen molar-refractivity contribution in [3.8, 4) is 17.2 Å². The first-order valence-corrected chi connectivity index (χ1v) is 9.23. The second-order valence-electron chi connectivity index (χ2n) is 6.91. The fourth-order valence-corrected chi connectivity index (χ4v) is 3.50. The number of aryl methyl sites for hydroxylation is 1. The number of imidazole rings is 1. The first kappa shape index (κ1) is 17.7. The minimum Gasteiger partial charge on any atom is -0.496 e. The molecule has 0 atom stereocenters. The molecule has 3 heterocycles. The zero-order valence-electron chi connectivity index (χ0n) is 16.1. The summed E-state index contributed by atoms with van der Waals surface area (Å²) in [6.07, 6.45) is 2.95. The van der Waals surface area contributed by atoms with Gasteiger partial charge in [0, 0.05) is 37.3 Å². The van der Waals surface area contributed by atoms with E-state index in [1.54, 1.807) is 7.11 Å². The molecular formula is C21H25N3O3. The monoisotopic (exact) mass is 367 g/mol. The SMILES string of the molecule is COc1cc2c(cc1CN(C)Cc1c(C)nc3ccccn13)OCCCO2. The summed E-state index contributed by atoms with van der Waals surface area (Å²) < 4.78 is 19.4. The highest BCUT2D eigenvalue weighted by atomic mass is 16.5. The molecule has 0 unspecified atom stereocenters. The number of pyridine rings is 1. The Morgan fingerprint density at radius 1 is 1.15 bits per heavy atom. The molecule has 142 valence electrons. The quantitative estimate of drug-likeness (QED) is 0.691. The van der Waals surface area contributed by atoms with Gasteiger partial charge in [0.25, 0.3) is 0 Å². The summed E-state index contributed by atoms with van der Waals surface area (Å²) >= 11 is 0. The average Bonchev–Trinajstić information content (AvgIpc) is 2.83. The summed E-state index contributed by atoms with van der Waals surface area (Å²) in [6.45, 7) is 4.93. The van der Waals surface area contributed by atoms with Gasteiger partial charge < -0.3 is 18.6 Å². The van der Waals surface area contributed by atoms with Crippen molar-refractivity contribution in [2.24, 2.45) is 0 Å². The minimum absolute atomic E-state index is 0.670. The summed E-state index contributed by atoms with van der Waals surface area (Å²) in [5, 5.41) is 0. The van der Waals surface area contributed by atoms with E-state index < -0.39 is 0 Å². The van der Waals surface area contributed by atoms with Crippen molar-refractivity contribution in [3.05, 3.63) is 53.5 Å². The van der Waals surface area contributed by atoms with E-state index in [-0.39, 0.29) is 0 Å². The molecule has 6 nitrogen and oxygen atoms in total. The van der Waals surface area contributed by atoms with Crippen LogP contribution in [0.15, 0.2) is 36.5 Å². The standard InChI is InChI=1S/C21H25N3O3/c1-15-17(24-8-5-4-7-21(24)22-15)14-23(2)13-16-11-19-20(12-18(16)25-3)27-10-6-9-26-19/h4-5,7-8,11-12H,6,9-10,13-14H2,1-3H3. The highest BCUT2D eigenvalue weighted by molar-refractivity contribution is 5.51. The Morgan fingerprint density at radius 3 is 2.70 bits per heavy atom. The number of hydrogen-bond donors (Lipinski definition) is 0. The maximum atomic E-state index is 5.84. The number of methoxy groups -OCH3 is 1. The third-order valence-electron chi connectivity index (χ3n) is 4.84. The van der Waals surface area contributed by atoms with Crippen LogP contribution in [0.5, 0.6) is 17.2 Å². The lowest BCUT2D eigenvalue weighted by Crippen LogP contribution is -2.19. The van der Waals surface area contributed by atoms with Crippen LogP contribution in [0.4, 0.5) is 0 Å². The van der Waals surface area contributed by atoms with Gasteiger partial charge in [-0.05, 0) is 32.2 Å². The highest BCUT2D eigenvalue weighted by Crippen LogP contribution is 2.37. The maximum Gasteiger partial charge on any atom is 0.164 e. The Labute approximate surface area is 159 Å². The molecule has 6 heteroatoms. The van der Waals surface area contributed by atoms with Crippen molar-refractivity contribution in [1.82, 2.24) is 14.3 Å². The third kappa shape index (κ3) is 3.57. The van der Waals surface area contributed by atoms with E-state index in [0.717, 1.165) is 53.7 Å². The average molecular weight is 367 g/mol. The Hall–Kier alpha value is -2.73. The van der Waals surface area contributed by atoms with E-state index in [1.807, 2.05) is 30.3 Å². The number of nitrogens with zero attached hydrogens (tertiary/aromatic N) is 3. The molecule has 0 saturated carbocycles. The summed E-state index contributed by atoms with van der Waals surface area (Å²) in [5.41, 5.74) is 4.31. The predicted octanol–water partition coefficient (Wildman–Crippen LogP) is 3.44. The van der Waals surface area contributed by atoms with Gasteiger partial charge in [-0.25, -0.2) is 4.98 Å². The van der Waals surface area contributed by atoms with Crippen LogP contribution in [0.2, 0.25) is 0 Å². The fourth-order valence-electron chi connectivity index (χ4n) is 3.50. The molecule has 0 saturated heterocycles. The summed E-state index contributed by atoms with van der Waals surface area (Å²) in [4.78, 5) is 6.91. The number of benzene rings is 1. The first-order chi connectivity index (χ1) is 13.2. The Balaban J connectivity index is 1.58. The summed E-state index contributed by atoms with van der Waals surface area (Å²) in [6, 6.07) is 10.0. The van der Waals surface area contributed by atoms with Crippen molar-refractivity contribution in [2.45, 2.75) is 26.4 Å². The van der Waals surface area contributed by atoms with Crippen LogP contribution in [-0.2, 0) is 13.1 Å². The van der Waals surface area contributed by atoms with E-state index in [2.05, 4.69) is 34.5 Å². The molecule has 0 N–H and O–H groups in total. The molecule has 3 aromatic rings. The molecule has 27 heavy (non-hydrogen) atoms. The topological polar surface area (TPSA) is 48.2 Å². The second-order valence-corrected chi connectivity index (χ2v) is 6.91. The lowest BCUT2D eigenvalue weighted by Gasteiger charge is -2.20. The molecule has 0 aliphatic carbocycles. The predicted molar refractivity (Wildman–Crippen MR) is 104 cm³/mol. The van der Waals surface area contributed by atoms with Gasteiger partial charge in [-0.3, -0.25) is 4.90 Å². The van der Waals surface area contributed by atoms with Gasteiger partial charge in [-0.2, -0.15) is 0 Å². The van der Waals surface area contributed by atoms with E-state index in [0.29, 0.717) is 13.2 Å². The van der Waals surface area contributed by atoms with Crippen LogP contribution in [0.1, 0.15) is 23.4 Å². The third-order valence-corrected chi connectivity index (χ3v) is 4.84. The van der Waals surface area contributed by atoms with E-state index in [9.17, 15) is 0 Å². The number of ether oxygens (including phenoxy) is 3. The molecule has 2 aromatic heterocycles. The fraction of sp³-hybridized carbons (Fsp3) is 0.381. The zero-order valence-corrected chi connectivity index (χ0v) is 16.1. The largest absolute Gasteiger partial charge is 0.496 e. The van der Waals surface area contributed by atoms with E-state index in [4.69, 9.17) is 14.2 Å². The number of hydrogen-bond acceptors (Lipinski definition) is 5. The molecule has 1 aliphatic rings. The van der Waals surface area contributed by atoms with Gasteiger partial charge in [-0.1, -0.05) is 6.07 Å². The van der Waals surface area contributed by atoms with Gasteiger partial charge in [0.1, 0.15) is 11.4 Å².